The summed E-state index contributed by atoms with van der Waals surface area (Å²) in [7, 11) is 1.75. The zero-order chi connectivity index (χ0) is 23.4. The number of rotatable bonds is 8. The summed E-state index contributed by atoms with van der Waals surface area (Å²) in [5.41, 5.74) is 1.37. The number of ether oxygens (including phenoxy) is 1. The van der Waals surface area contributed by atoms with Crippen LogP contribution in [0.3, 0.4) is 0 Å². The molecule has 1 aliphatic rings. The molecule has 0 fully saturated rings. The minimum absolute atomic E-state index is 0.139. The summed E-state index contributed by atoms with van der Waals surface area (Å²) >= 11 is 1.25. The van der Waals surface area contributed by atoms with Gasteiger partial charge in [0.05, 0.1) is 12.2 Å². The lowest BCUT2D eigenvalue weighted by Gasteiger charge is -2.28. The first-order valence-corrected chi connectivity index (χ1v) is 12.0. The molecule has 2 aromatic carbocycles. The van der Waals surface area contributed by atoms with Gasteiger partial charge in [-0.2, -0.15) is 4.98 Å². The third kappa shape index (κ3) is 4.95. The zero-order valence-corrected chi connectivity index (χ0v) is 19.5. The Labute approximate surface area is 196 Å². The summed E-state index contributed by atoms with van der Waals surface area (Å²) in [6.07, 6.45) is 2.07. The quantitative estimate of drug-likeness (QED) is 0.291. The number of carbonyl (C=O) groups excluding carboxylic acids is 1. The molecular weight excluding hydrogens is 441 g/mol. The largest absolute Gasteiger partial charge is 0.493 e. The molecule has 6 nitrogen and oxygen atoms in total. The van der Waals surface area contributed by atoms with E-state index in [1.54, 1.807) is 29.8 Å². The number of anilines is 1. The van der Waals surface area contributed by atoms with E-state index in [4.69, 9.17) is 4.74 Å². The van der Waals surface area contributed by atoms with E-state index in [0.717, 1.165) is 18.4 Å². The molecule has 1 atom stereocenters. The molecule has 4 rings (SSSR count). The first-order valence-electron chi connectivity index (χ1n) is 11.0. The number of nitrogens with zero attached hydrogens (tertiary/aromatic N) is 2. The van der Waals surface area contributed by atoms with Crippen molar-refractivity contribution in [3.8, 4) is 5.75 Å². The SMILES string of the molecule is CCCCOc1ccccc1[C@@H]1CC(=O)Nc2c1c(=O)nc(SCc1ccccc1F)n2C. The van der Waals surface area contributed by atoms with Crippen molar-refractivity contribution >= 4 is 23.5 Å². The smallest absolute Gasteiger partial charge is 0.279 e. The average molecular weight is 468 g/mol. The van der Waals surface area contributed by atoms with E-state index >= 15 is 0 Å². The Bertz CT molecular complexity index is 1230. The first kappa shape index (κ1) is 23.0. The molecule has 0 spiro atoms. The van der Waals surface area contributed by atoms with E-state index < -0.39 is 11.5 Å². The van der Waals surface area contributed by atoms with Gasteiger partial charge in [0, 0.05) is 30.7 Å². The number of fused-ring (bicyclic) bond motifs is 1. The number of benzene rings is 2. The maximum atomic E-state index is 14.0. The predicted molar refractivity (Wildman–Crippen MR) is 127 cm³/mol. The molecule has 0 unspecified atom stereocenters. The number of hydrogen-bond donors (Lipinski definition) is 1. The fourth-order valence-corrected chi connectivity index (χ4v) is 4.87. The minimum Gasteiger partial charge on any atom is -0.493 e. The third-order valence-electron chi connectivity index (χ3n) is 5.67. The topological polar surface area (TPSA) is 73.2 Å². The number of hydrogen-bond acceptors (Lipinski definition) is 5. The Kier molecular flexibility index (Phi) is 7.13. The Balaban J connectivity index is 1.70. The van der Waals surface area contributed by atoms with E-state index in [-0.39, 0.29) is 18.1 Å². The lowest BCUT2D eigenvalue weighted by Crippen LogP contribution is -2.33. The second-order valence-electron chi connectivity index (χ2n) is 7.95. The number of carbonyl (C=O) groups is 1. The fourth-order valence-electron chi connectivity index (χ4n) is 3.91. The van der Waals surface area contributed by atoms with Gasteiger partial charge in [-0.25, -0.2) is 4.39 Å². The monoisotopic (exact) mass is 467 g/mol. The summed E-state index contributed by atoms with van der Waals surface area (Å²) in [4.78, 5) is 30.1. The highest BCUT2D eigenvalue weighted by Gasteiger charge is 2.33. The van der Waals surface area contributed by atoms with Crippen molar-refractivity contribution in [2.24, 2.45) is 7.05 Å². The van der Waals surface area contributed by atoms with E-state index in [1.165, 1.54) is 17.8 Å². The van der Waals surface area contributed by atoms with Crippen molar-refractivity contribution in [2.75, 3.05) is 11.9 Å². The number of para-hydroxylation sites is 1. The second-order valence-corrected chi connectivity index (χ2v) is 8.89. The van der Waals surface area contributed by atoms with Crippen LogP contribution in [0.2, 0.25) is 0 Å². The third-order valence-corrected chi connectivity index (χ3v) is 6.74. The molecule has 172 valence electrons. The molecule has 1 aliphatic heterocycles. The van der Waals surface area contributed by atoms with Crippen LogP contribution in [-0.2, 0) is 17.6 Å². The van der Waals surface area contributed by atoms with Crippen molar-refractivity contribution in [1.29, 1.82) is 0 Å². The van der Waals surface area contributed by atoms with E-state index in [2.05, 4.69) is 17.2 Å². The van der Waals surface area contributed by atoms with Gasteiger partial charge >= 0.3 is 0 Å². The molecule has 0 bridgehead atoms. The van der Waals surface area contributed by atoms with Crippen LogP contribution in [-0.4, -0.2) is 22.1 Å². The Morgan fingerprint density at radius 1 is 1.18 bits per heavy atom. The van der Waals surface area contributed by atoms with Gasteiger partial charge in [0.1, 0.15) is 17.4 Å². The average Bonchev–Trinajstić information content (AvgIpc) is 2.81. The van der Waals surface area contributed by atoms with Gasteiger partial charge in [0.15, 0.2) is 5.16 Å². The second kappa shape index (κ2) is 10.2. The first-order chi connectivity index (χ1) is 16.0. The number of aromatic nitrogens is 2. The van der Waals surface area contributed by atoms with Crippen LogP contribution >= 0.6 is 11.8 Å². The van der Waals surface area contributed by atoms with Gasteiger partial charge in [-0.15, -0.1) is 0 Å². The van der Waals surface area contributed by atoms with Crippen molar-refractivity contribution < 1.29 is 13.9 Å². The molecule has 1 amide bonds. The molecule has 2 heterocycles. The van der Waals surface area contributed by atoms with E-state index in [9.17, 15) is 14.0 Å². The summed E-state index contributed by atoms with van der Waals surface area (Å²) in [6, 6.07) is 14.0. The lowest BCUT2D eigenvalue weighted by atomic mass is 9.86. The molecule has 0 radical (unpaired) electrons. The Hall–Kier alpha value is -3.13. The molecule has 1 aromatic heterocycles. The van der Waals surface area contributed by atoms with Crippen LogP contribution in [0.4, 0.5) is 10.2 Å². The molecule has 33 heavy (non-hydrogen) atoms. The van der Waals surface area contributed by atoms with Gasteiger partial charge in [-0.05, 0) is 24.1 Å². The molecule has 3 aromatic rings. The van der Waals surface area contributed by atoms with Crippen molar-refractivity contribution in [1.82, 2.24) is 9.55 Å². The Morgan fingerprint density at radius 3 is 2.73 bits per heavy atom. The van der Waals surface area contributed by atoms with Crippen LogP contribution in [0, 0.1) is 5.82 Å². The molecule has 0 saturated heterocycles. The summed E-state index contributed by atoms with van der Waals surface area (Å²) in [5, 5.41) is 3.26. The summed E-state index contributed by atoms with van der Waals surface area (Å²) < 4.78 is 21.7. The normalized spacial score (nSPS) is 15.1. The maximum Gasteiger partial charge on any atom is 0.279 e. The molecule has 1 N–H and O–H groups in total. The zero-order valence-electron chi connectivity index (χ0n) is 18.6. The van der Waals surface area contributed by atoms with Crippen LogP contribution in [0.25, 0.3) is 0 Å². The maximum absolute atomic E-state index is 14.0. The number of unbranched alkanes of at least 4 members (excludes halogenated alkanes) is 1. The highest BCUT2D eigenvalue weighted by Crippen LogP contribution is 2.39. The van der Waals surface area contributed by atoms with Gasteiger partial charge in [0.2, 0.25) is 5.91 Å². The van der Waals surface area contributed by atoms with E-state index in [1.807, 2.05) is 24.3 Å². The van der Waals surface area contributed by atoms with E-state index in [0.29, 0.717) is 40.2 Å². The molecule has 8 heteroatoms. The van der Waals surface area contributed by atoms with Crippen LogP contribution in [0.1, 0.15) is 48.8 Å². The molecular formula is C25H26FN3O3S. The number of nitrogens with one attached hydrogen (secondary N) is 1. The van der Waals surface area contributed by atoms with Crippen LogP contribution in [0.15, 0.2) is 58.5 Å². The molecule has 0 saturated carbocycles. The lowest BCUT2D eigenvalue weighted by molar-refractivity contribution is -0.116. The fraction of sp³-hybridized carbons (Fsp3) is 0.320. The highest BCUT2D eigenvalue weighted by atomic mass is 32.2. The van der Waals surface area contributed by atoms with Crippen LogP contribution in [0.5, 0.6) is 5.75 Å². The van der Waals surface area contributed by atoms with Gasteiger partial charge in [0.25, 0.3) is 5.56 Å². The molecule has 0 aliphatic carbocycles. The number of amides is 1. The number of thioether (sulfide) groups is 1. The van der Waals surface area contributed by atoms with Crippen molar-refractivity contribution in [3.05, 3.63) is 81.4 Å². The van der Waals surface area contributed by atoms with Gasteiger partial charge < -0.3 is 14.6 Å². The standard InChI is InChI=1S/C25H26FN3O3S/c1-3-4-13-32-20-12-8-6-10-17(20)18-14-21(30)27-23-22(18)24(31)28-25(29(23)2)33-15-16-9-5-7-11-19(16)26/h5-12,18H,3-4,13-15H2,1-2H3,(H,27,30)/t18-/m0/s1. The Morgan fingerprint density at radius 2 is 1.94 bits per heavy atom. The van der Waals surface area contributed by atoms with Crippen LogP contribution < -0.4 is 15.6 Å². The highest BCUT2D eigenvalue weighted by molar-refractivity contribution is 7.98. The van der Waals surface area contributed by atoms with Crippen molar-refractivity contribution in [2.45, 2.75) is 43.0 Å². The van der Waals surface area contributed by atoms with Gasteiger partial charge in [-0.1, -0.05) is 61.5 Å². The summed E-state index contributed by atoms with van der Waals surface area (Å²) in [6.45, 7) is 2.66. The predicted octanol–water partition coefficient (Wildman–Crippen LogP) is 4.86. The van der Waals surface area contributed by atoms with Gasteiger partial charge in [-0.3, -0.25) is 9.59 Å². The minimum atomic E-state index is -0.455. The summed E-state index contributed by atoms with van der Waals surface area (Å²) in [5.74, 6) is 0.482. The van der Waals surface area contributed by atoms with Crippen molar-refractivity contribution in [3.63, 3.8) is 0 Å². The number of halogens is 1.